The van der Waals surface area contributed by atoms with Crippen LogP contribution in [0.15, 0.2) is 91.0 Å². The molecule has 1 aliphatic carbocycles. The summed E-state index contributed by atoms with van der Waals surface area (Å²) in [5.74, 6) is 0.143. The molecule has 4 rings (SSSR count). The molecule has 0 spiro atoms. The minimum Gasteiger partial charge on any atom is -0.344 e. The largest absolute Gasteiger partial charge is 0.344 e. The molecule has 0 atom stereocenters. The second-order valence-corrected chi connectivity index (χ2v) is 7.38. The van der Waals surface area contributed by atoms with Gasteiger partial charge in [0.25, 0.3) is 0 Å². The van der Waals surface area contributed by atoms with Gasteiger partial charge in [-0.25, -0.2) is 0 Å². The molecule has 1 amide bonds. The molecule has 2 nitrogen and oxygen atoms in total. The van der Waals surface area contributed by atoms with Crippen LogP contribution in [0.5, 0.6) is 0 Å². The fraction of sp³-hybridized carbons (Fsp3) is 0.240. The Morgan fingerprint density at radius 1 is 0.704 bits per heavy atom. The second kappa shape index (κ2) is 7.79. The third-order valence-electron chi connectivity index (χ3n) is 5.76. The Balaban J connectivity index is 1.69. The van der Waals surface area contributed by atoms with Gasteiger partial charge in [0.1, 0.15) is 0 Å². The van der Waals surface area contributed by atoms with Crippen LogP contribution >= 0.6 is 0 Å². The van der Waals surface area contributed by atoms with E-state index in [4.69, 9.17) is 0 Å². The Labute approximate surface area is 161 Å². The van der Waals surface area contributed by atoms with Gasteiger partial charge in [-0.1, -0.05) is 104 Å². The lowest BCUT2D eigenvalue weighted by Crippen LogP contribution is -2.44. The van der Waals surface area contributed by atoms with E-state index in [2.05, 4.69) is 41.7 Å². The number of amides is 1. The predicted octanol–water partition coefficient (Wildman–Crippen LogP) is 5.40. The Morgan fingerprint density at radius 3 is 1.63 bits per heavy atom. The SMILES string of the molecule is O=C(NC(c1ccccc1)c1ccccc1)C1(c2ccccc2)CCCC1. The van der Waals surface area contributed by atoms with Crippen molar-refractivity contribution in [3.05, 3.63) is 108 Å². The summed E-state index contributed by atoms with van der Waals surface area (Å²) in [7, 11) is 0. The number of carbonyl (C=O) groups excluding carboxylic acids is 1. The molecular formula is C25H25NO. The van der Waals surface area contributed by atoms with Crippen molar-refractivity contribution in [1.82, 2.24) is 5.32 Å². The average molecular weight is 355 g/mol. The fourth-order valence-electron chi connectivity index (χ4n) is 4.30. The van der Waals surface area contributed by atoms with E-state index >= 15 is 0 Å². The highest BCUT2D eigenvalue weighted by atomic mass is 16.2. The minimum absolute atomic E-state index is 0.138. The van der Waals surface area contributed by atoms with E-state index in [9.17, 15) is 4.79 Å². The van der Waals surface area contributed by atoms with E-state index in [0.717, 1.165) is 42.4 Å². The first-order valence-electron chi connectivity index (χ1n) is 9.76. The zero-order chi connectivity index (χ0) is 18.5. The lowest BCUT2D eigenvalue weighted by molar-refractivity contribution is -0.127. The number of hydrogen-bond acceptors (Lipinski definition) is 1. The summed E-state index contributed by atoms with van der Waals surface area (Å²) in [6.45, 7) is 0. The van der Waals surface area contributed by atoms with Crippen LogP contribution in [0, 0.1) is 0 Å². The predicted molar refractivity (Wildman–Crippen MR) is 109 cm³/mol. The monoisotopic (exact) mass is 355 g/mol. The van der Waals surface area contributed by atoms with Gasteiger partial charge < -0.3 is 5.32 Å². The summed E-state index contributed by atoms with van der Waals surface area (Å²) < 4.78 is 0. The van der Waals surface area contributed by atoms with Gasteiger partial charge >= 0.3 is 0 Å². The van der Waals surface area contributed by atoms with Gasteiger partial charge in [-0.3, -0.25) is 4.79 Å². The lowest BCUT2D eigenvalue weighted by atomic mass is 9.77. The van der Waals surface area contributed by atoms with Crippen molar-refractivity contribution in [2.75, 3.05) is 0 Å². The molecule has 3 aromatic rings. The molecule has 136 valence electrons. The van der Waals surface area contributed by atoms with Crippen LogP contribution in [0.1, 0.15) is 48.4 Å². The van der Waals surface area contributed by atoms with Gasteiger partial charge in [0.05, 0.1) is 11.5 Å². The van der Waals surface area contributed by atoms with Crippen LogP contribution in [-0.2, 0) is 10.2 Å². The standard InChI is InChI=1S/C25H25NO/c27-24(25(18-10-11-19-25)22-16-8-3-9-17-22)26-23(20-12-4-1-5-13-20)21-14-6-2-7-15-21/h1-9,12-17,23H,10-11,18-19H2,(H,26,27). The Kier molecular flexibility index (Phi) is 5.06. The summed E-state index contributed by atoms with van der Waals surface area (Å²) in [6, 6.07) is 30.6. The highest BCUT2D eigenvalue weighted by molar-refractivity contribution is 5.89. The quantitative estimate of drug-likeness (QED) is 0.652. The molecule has 0 heterocycles. The Hall–Kier alpha value is -2.87. The molecule has 27 heavy (non-hydrogen) atoms. The first-order chi connectivity index (χ1) is 13.3. The zero-order valence-electron chi connectivity index (χ0n) is 15.5. The molecule has 1 fully saturated rings. The second-order valence-electron chi connectivity index (χ2n) is 7.38. The number of nitrogens with one attached hydrogen (secondary N) is 1. The molecule has 2 heteroatoms. The molecule has 1 saturated carbocycles. The molecule has 0 unspecified atom stereocenters. The Morgan fingerprint density at radius 2 is 1.15 bits per heavy atom. The van der Waals surface area contributed by atoms with Gasteiger partial charge in [-0.05, 0) is 29.5 Å². The molecule has 0 radical (unpaired) electrons. The van der Waals surface area contributed by atoms with Crippen molar-refractivity contribution < 1.29 is 4.79 Å². The molecule has 0 aromatic heterocycles. The van der Waals surface area contributed by atoms with Crippen molar-refractivity contribution in [3.63, 3.8) is 0 Å². The molecule has 3 aromatic carbocycles. The van der Waals surface area contributed by atoms with E-state index in [1.807, 2.05) is 54.6 Å². The number of benzene rings is 3. The number of carbonyl (C=O) groups is 1. The summed E-state index contributed by atoms with van der Waals surface area (Å²) in [4.78, 5) is 13.6. The summed E-state index contributed by atoms with van der Waals surface area (Å²) in [6.07, 6.45) is 4.03. The van der Waals surface area contributed by atoms with E-state index in [1.165, 1.54) is 0 Å². The van der Waals surface area contributed by atoms with Crippen molar-refractivity contribution in [2.45, 2.75) is 37.1 Å². The van der Waals surface area contributed by atoms with E-state index in [1.54, 1.807) is 0 Å². The summed E-state index contributed by atoms with van der Waals surface area (Å²) >= 11 is 0. The highest BCUT2D eigenvalue weighted by Crippen LogP contribution is 2.42. The molecule has 0 aliphatic heterocycles. The molecule has 1 aliphatic rings. The average Bonchev–Trinajstić information content (AvgIpc) is 3.25. The third kappa shape index (κ3) is 3.52. The van der Waals surface area contributed by atoms with Crippen LogP contribution in [-0.4, -0.2) is 5.91 Å². The molecular weight excluding hydrogens is 330 g/mol. The minimum atomic E-state index is -0.414. The maximum absolute atomic E-state index is 13.6. The number of hydrogen-bond donors (Lipinski definition) is 1. The van der Waals surface area contributed by atoms with Crippen LogP contribution in [0.25, 0.3) is 0 Å². The smallest absolute Gasteiger partial charge is 0.231 e. The lowest BCUT2D eigenvalue weighted by Gasteiger charge is -2.31. The van der Waals surface area contributed by atoms with Gasteiger partial charge in [-0.2, -0.15) is 0 Å². The van der Waals surface area contributed by atoms with Crippen molar-refractivity contribution in [2.24, 2.45) is 0 Å². The van der Waals surface area contributed by atoms with Crippen LogP contribution in [0.4, 0.5) is 0 Å². The topological polar surface area (TPSA) is 29.1 Å². The molecule has 0 saturated heterocycles. The first-order valence-corrected chi connectivity index (χ1v) is 9.76. The van der Waals surface area contributed by atoms with E-state index in [-0.39, 0.29) is 11.9 Å². The Bertz CT molecular complexity index is 828. The fourth-order valence-corrected chi connectivity index (χ4v) is 4.30. The number of rotatable bonds is 5. The normalized spacial score (nSPS) is 15.6. The van der Waals surface area contributed by atoms with Gasteiger partial charge in [0.15, 0.2) is 0 Å². The van der Waals surface area contributed by atoms with E-state index in [0.29, 0.717) is 0 Å². The van der Waals surface area contributed by atoms with Crippen molar-refractivity contribution >= 4 is 5.91 Å². The maximum Gasteiger partial charge on any atom is 0.231 e. The zero-order valence-corrected chi connectivity index (χ0v) is 15.5. The van der Waals surface area contributed by atoms with Gasteiger partial charge in [0, 0.05) is 0 Å². The van der Waals surface area contributed by atoms with Crippen molar-refractivity contribution in [3.8, 4) is 0 Å². The maximum atomic E-state index is 13.6. The summed E-state index contributed by atoms with van der Waals surface area (Å²) in [5.41, 5.74) is 2.94. The highest BCUT2D eigenvalue weighted by Gasteiger charge is 2.43. The van der Waals surface area contributed by atoms with Crippen LogP contribution < -0.4 is 5.32 Å². The van der Waals surface area contributed by atoms with Crippen molar-refractivity contribution in [1.29, 1.82) is 0 Å². The van der Waals surface area contributed by atoms with Crippen LogP contribution in [0.3, 0.4) is 0 Å². The molecule has 0 bridgehead atoms. The first kappa shape index (κ1) is 17.5. The molecule has 1 N–H and O–H groups in total. The van der Waals surface area contributed by atoms with Gasteiger partial charge in [-0.15, -0.1) is 0 Å². The van der Waals surface area contributed by atoms with Crippen LogP contribution in [0.2, 0.25) is 0 Å². The van der Waals surface area contributed by atoms with Gasteiger partial charge in [0.2, 0.25) is 5.91 Å². The summed E-state index contributed by atoms with van der Waals surface area (Å²) in [5, 5.41) is 3.39. The van der Waals surface area contributed by atoms with E-state index < -0.39 is 5.41 Å². The third-order valence-corrected chi connectivity index (χ3v) is 5.76.